The molecule has 0 radical (unpaired) electrons. The predicted molar refractivity (Wildman–Crippen MR) is 78.3 cm³/mol. The van der Waals surface area contributed by atoms with E-state index in [1.165, 1.54) is 7.05 Å². The van der Waals surface area contributed by atoms with Crippen LogP contribution in [0.25, 0.3) is 0 Å². The minimum atomic E-state index is -4.38. The van der Waals surface area contributed by atoms with Crippen LogP contribution in [-0.2, 0) is 26.2 Å². The average molecular weight is 336 g/mol. The number of nitrogens with zero attached hydrogens (tertiary/aromatic N) is 1. The van der Waals surface area contributed by atoms with Crippen molar-refractivity contribution in [3.63, 3.8) is 0 Å². The van der Waals surface area contributed by atoms with Crippen molar-refractivity contribution in [2.45, 2.75) is 38.4 Å². The Kier molecular flexibility index (Phi) is 4.63. The topological polar surface area (TPSA) is 76.1 Å². The Morgan fingerprint density at radius 2 is 1.95 bits per heavy atom. The van der Waals surface area contributed by atoms with E-state index in [0.717, 1.165) is 9.87 Å². The molecule has 1 fully saturated rings. The van der Waals surface area contributed by atoms with E-state index >= 15 is 0 Å². The second-order valence-corrected chi connectivity index (χ2v) is 7.23. The summed E-state index contributed by atoms with van der Waals surface area (Å²) in [6.07, 6.45) is -1.13. The van der Waals surface area contributed by atoms with Crippen LogP contribution in [0.3, 0.4) is 0 Å². The van der Waals surface area contributed by atoms with Crippen LogP contribution in [0.15, 0.2) is 24.3 Å². The fourth-order valence-electron chi connectivity index (χ4n) is 2.28. The summed E-state index contributed by atoms with van der Waals surface area (Å²) in [4.78, 5) is 0. The van der Waals surface area contributed by atoms with Crippen molar-refractivity contribution in [1.29, 1.82) is 0 Å². The summed E-state index contributed by atoms with van der Waals surface area (Å²) in [6, 6.07) is 7.23. The minimum absolute atomic E-state index is 0.369. The molecule has 8 heteroatoms. The fraction of sp³-hybridized carbons (Fsp3) is 0.538. The highest BCUT2D eigenvalue weighted by Crippen LogP contribution is 2.33. The maximum absolute atomic E-state index is 11.3. The standard InChI is InChI=1S/C13H18ClNO5S/c1-13(2)19-11(8-9-6-4-5-7-10(9)14)12(20-13)15(3)21(16,17)18/h4-7,11-12H,8H2,1-3H3,(H,16,17,18). The highest BCUT2D eigenvalue weighted by molar-refractivity contribution is 7.83. The average Bonchev–Trinajstić information content (AvgIpc) is 2.65. The summed E-state index contributed by atoms with van der Waals surface area (Å²) in [5.41, 5.74) is 0.819. The first-order valence-electron chi connectivity index (χ1n) is 6.40. The SMILES string of the molecule is CN(C1OC(C)(C)OC1Cc1ccccc1Cl)S(=O)(=O)O. The normalized spacial score (nSPS) is 25.4. The Morgan fingerprint density at radius 3 is 2.52 bits per heavy atom. The van der Waals surface area contributed by atoms with Crippen LogP contribution in [-0.4, -0.2) is 42.4 Å². The number of likely N-dealkylation sites (N-methyl/N-ethyl adjacent to an activating group) is 1. The lowest BCUT2D eigenvalue weighted by molar-refractivity contribution is -0.154. The molecule has 1 aliphatic heterocycles. The summed E-state index contributed by atoms with van der Waals surface area (Å²) in [6.45, 7) is 3.37. The van der Waals surface area contributed by atoms with Gasteiger partial charge in [0.1, 0.15) is 6.10 Å². The summed E-state index contributed by atoms with van der Waals surface area (Å²) < 4.78 is 43.9. The van der Waals surface area contributed by atoms with Crippen molar-refractivity contribution in [3.8, 4) is 0 Å². The van der Waals surface area contributed by atoms with Crippen molar-refractivity contribution < 1.29 is 22.4 Å². The summed E-state index contributed by atoms with van der Waals surface area (Å²) in [7, 11) is -3.14. The van der Waals surface area contributed by atoms with Gasteiger partial charge in [0.25, 0.3) is 0 Å². The van der Waals surface area contributed by atoms with Crippen LogP contribution in [0.2, 0.25) is 5.02 Å². The Labute approximate surface area is 129 Å². The first-order chi connectivity index (χ1) is 9.60. The van der Waals surface area contributed by atoms with Crippen LogP contribution >= 0.6 is 11.6 Å². The molecule has 1 saturated heterocycles. The van der Waals surface area contributed by atoms with Gasteiger partial charge in [-0.3, -0.25) is 4.55 Å². The zero-order valence-electron chi connectivity index (χ0n) is 12.0. The maximum atomic E-state index is 11.3. The Hall–Kier alpha value is -0.700. The van der Waals surface area contributed by atoms with E-state index < -0.39 is 28.4 Å². The highest BCUT2D eigenvalue weighted by atomic mass is 35.5. The fourth-order valence-corrected chi connectivity index (χ4v) is 2.93. The minimum Gasteiger partial charge on any atom is -0.343 e. The van der Waals surface area contributed by atoms with Crippen LogP contribution < -0.4 is 0 Å². The van der Waals surface area contributed by atoms with Gasteiger partial charge in [-0.25, -0.2) is 0 Å². The molecule has 0 bridgehead atoms. The third kappa shape index (κ3) is 3.94. The molecule has 1 aliphatic rings. The monoisotopic (exact) mass is 335 g/mol. The van der Waals surface area contributed by atoms with Crippen molar-refractivity contribution in [1.82, 2.24) is 4.31 Å². The highest BCUT2D eigenvalue weighted by Gasteiger charge is 2.46. The molecule has 0 amide bonds. The molecule has 1 aromatic rings. The van der Waals surface area contributed by atoms with Gasteiger partial charge in [-0.1, -0.05) is 29.8 Å². The van der Waals surface area contributed by atoms with Crippen LogP contribution in [0.4, 0.5) is 0 Å². The largest absolute Gasteiger partial charge is 0.343 e. The second-order valence-electron chi connectivity index (χ2n) is 5.35. The van der Waals surface area contributed by atoms with Crippen molar-refractivity contribution in [2.24, 2.45) is 0 Å². The second kappa shape index (κ2) is 5.83. The van der Waals surface area contributed by atoms with Crippen molar-refractivity contribution in [2.75, 3.05) is 7.05 Å². The smallest absolute Gasteiger partial charge is 0.337 e. The van der Waals surface area contributed by atoms with Crippen LogP contribution in [0.5, 0.6) is 0 Å². The molecule has 0 saturated carbocycles. The molecule has 2 unspecified atom stereocenters. The van der Waals surface area contributed by atoms with E-state index in [0.29, 0.717) is 11.4 Å². The molecule has 6 nitrogen and oxygen atoms in total. The quantitative estimate of drug-likeness (QED) is 0.853. The molecule has 0 aliphatic carbocycles. The van der Waals surface area contributed by atoms with Gasteiger partial charge < -0.3 is 9.47 Å². The lowest BCUT2D eigenvalue weighted by Crippen LogP contribution is -2.43. The van der Waals surface area contributed by atoms with E-state index in [9.17, 15) is 13.0 Å². The first-order valence-corrected chi connectivity index (χ1v) is 8.17. The summed E-state index contributed by atoms with van der Waals surface area (Å²) in [5.74, 6) is -0.949. The molecule has 1 aromatic carbocycles. The number of hydrogen-bond donors (Lipinski definition) is 1. The lowest BCUT2D eigenvalue weighted by atomic mass is 10.1. The van der Waals surface area contributed by atoms with Gasteiger partial charge in [0.05, 0.1) is 0 Å². The van der Waals surface area contributed by atoms with Crippen LogP contribution in [0.1, 0.15) is 19.4 Å². The van der Waals surface area contributed by atoms with Crippen molar-refractivity contribution in [3.05, 3.63) is 34.9 Å². The molecule has 118 valence electrons. The van der Waals surface area contributed by atoms with Crippen LogP contribution in [0, 0.1) is 0 Å². The van der Waals surface area contributed by atoms with E-state index in [1.54, 1.807) is 19.9 Å². The summed E-state index contributed by atoms with van der Waals surface area (Å²) >= 11 is 6.11. The molecular weight excluding hydrogens is 318 g/mol. The van der Waals surface area contributed by atoms with Gasteiger partial charge >= 0.3 is 10.3 Å². The van der Waals surface area contributed by atoms with E-state index in [1.807, 2.05) is 18.2 Å². The Balaban J connectivity index is 2.25. The molecule has 21 heavy (non-hydrogen) atoms. The van der Waals surface area contributed by atoms with Gasteiger partial charge in [-0.2, -0.15) is 12.7 Å². The van der Waals surface area contributed by atoms with E-state index in [-0.39, 0.29) is 0 Å². The third-order valence-corrected chi connectivity index (χ3v) is 4.56. The molecule has 0 aromatic heterocycles. The van der Waals surface area contributed by atoms with Gasteiger partial charge in [0.15, 0.2) is 12.0 Å². The molecule has 1 N–H and O–H groups in total. The number of hydrogen-bond acceptors (Lipinski definition) is 4. The zero-order valence-corrected chi connectivity index (χ0v) is 13.6. The lowest BCUT2D eigenvalue weighted by Gasteiger charge is -2.24. The van der Waals surface area contributed by atoms with Gasteiger partial charge in [-0.15, -0.1) is 0 Å². The van der Waals surface area contributed by atoms with Gasteiger partial charge in [-0.05, 0) is 25.5 Å². The number of rotatable bonds is 4. The number of ether oxygens (including phenoxy) is 2. The maximum Gasteiger partial charge on any atom is 0.337 e. The molecule has 2 atom stereocenters. The Morgan fingerprint density at radius 1 is 1.33 bits per heavy atom. The summed E-state index contributed by atoms with van der Waals surface area (Å²) in [5, 5.41) is 0.569. The number of halogens is 1. The van der Waals surface area contributed by atoms with E-state index in [2.05, 4.69) is 0 Å². The predicted octanol–water partition coefficient (Wildman–Crippen LogP) is 2.09. The zero-order chi connectivity index (χ0) is 15.8. The van der Waals surface area contributed by atoms with E-state index in [4.69, 9.17) is 21.1 Å². The molecule has 1 heterocycles. The molecular formula is C13H18ClNO5S. The first kappa shape index (κ1) is 16.7. The molecule has 0 spiro atoms. The van der Waals surface area contributed by atoms with Gasteiger partial charge in [0.2, 0.25) is 0 Å². The number of benzene rings is 1. The molecule has 2 rings (SSSR count). The van der Waals surface area contributed by atoms with Gasteiger partial charge in [0, 0.05) is 18.5 Å². The Bertz CT molecular complexity index is 619. The van der Waals surface area contributed by atoms with Crippen molar-refractivity contribution >= 4 is 21.9 Å². The third-order valence-electron chi connectivity index (χ3n) is 3.26.